The fraction of sp³-hybridized carbons (Fsp3) is 0.0526. The number of carbonyl (C=O) groups is 1. The Kier molecular flexibility index (Phi) is 3.46. The Morgan fingerprint density at radius 2 is 2.00 bits per heavy atom. The van der Waals surface area contributed by atoms with Crippen LogP contribution in [-0.4, -0.2) is 40.7 Å². The summed E-state index contributed by atoms with van der Waals surface area (Å²) in [5, 5.41) is 0. The van der Waals surface area contributed by atoms with Crippen LogP contribution < -0.4 is 0 Å². The number of hydrogen-bond donors (Lipinski definition) is 0. The average molecular weight is 356 g/mol. The lowest BCUT2D eigenvalue weighted by Gasteiger charge is -2.37. The highest BCUT2D eigenvalue weighted by Gasteiger charge is 2.41. The maximum absolute atomic E-state index is 12.4. The van der Waals surface area contributed by atoms with Crippen molar-refractivity contribution in [2.45, 2.75) is 6.61 Å². The van der Waals surface area contributed by atoms with E-state index in [1.807, 2.05) is 12.1 Å². The van der Waals surface area contributed by atoms with Gasteiger partial charge in [0.1, 0.15) is 30.0 Å². The highest BCUT2D eigenvalue weighted by atomic mass is 16.5. The highest BCUT2D eigenvalue weighted by molar-refractivity contribution is 6.57. The van der Waals surface area contributed by atoms with Gasteiger partial charge in [0.05, 0.1) is 12.4 Å². The van der Waals surface area contributed by atoms with Crippen LogP contribution >= 0.6 is 0 Å². The minimum Gasteiger partial charge on any atom is -0.495 e. The smallest absolute Gasteiger partial charge is 0.277 e. The van der Waals surface area contributed by atoms with Crippen LogP contribution in [0.4, 0.5) is 0 Å². The monoisotopic (exact) mass is 356 g/mol. The zero-order valence-corrected chi connectivity index (χ0v) is 14.0. The molecule has 1 amide bonds. The third-order valence-corrected chi connectivity index (χ3v) is 4.22. The lowest BCUT2D eigenvalue weighted by Crippen LogP contribution is -2.48. The van der Waals surface area contributed by atoms with Gasteiger partial charge in [-0.1, -0.05) is 18.2 Å². The number of fused-ring (bicyclic) bond motifs is 1. The quantitative estimate of drug-likeness (QED) is 0.714. The zero-order valence-electron chi connectivity index (χ0n) is 14.0. The molecule has 0 aromatic heterocycles. The fourth-order valence-electron chi connectivity index (χ4n) is 2.92. The largest absolute Gasteiger partial charge is 0.495 e. The third kappa shape index (κ3) is 2.54. The first-order chi connectivity index (χ1) is 13.3. The Bertz CT molecular complexity index is 1100. The molecule has 1 aromatic carbocycles. The number of rotatable bonds is 0. The Morgan fingerprint density at radius 3 is 2.93 bits per heavy atom. The molecule has 27 heavy (non-hydrogen) atoms. The molecule has 5 aliphatic rings. The molecular weight excluding hydrogens is 344 g/mol. The number of amidine groups is 1. The molecule has 2 bridgehead atoms. The van der Waals surface area contributed by atoms with Crippen molar-refractivity contribution in [1.29, 1.82) is 0 Å². The van der Waals surface area contributed by atoms with Gasteiger partial charge in [-0.15, -0.1) is 0 Å². The maximum Gasteiger partial charge on any atom is 0.277 e. The van der Waals surface area contributed by atoms with E-state index in [1.165, 1.54) is 18.7 Å². The summed E-state index contributed by atoms with van der Waals surface area (Å²) in [6.07, 6.45) is 9.54. The van der Waals surface area contributed by atoms with E-state index in [1.54, 1.807) is 35.5 Å². The number of allylic oxidation sites excluding steroid dienone is 2. The average Bonchev–Trinajstić information content (AvgIpc) is 2.62. The van der Waals surface area contributed by atoms with Gasteiger partial charge in [0.2, 0.25) is 5.96 Å². The van der Waals surface area contributed by atoms with Gasteiger partial charge in [0, 0.05) is 23.5 Å². The summed E-state index contributed by atoms with van der Waals surface area (Å²) < 4.78 is 5.48. The molecule has 8 nitrogen and oxygen atoms in total. The second-order valence-corrected chi connectivity index (χ2v) is 5.87. The summed E-state index contributed by atoms with van der Waals surface area (Å²) in [6.45, 7) is 0.253. The van der Waals surface area contributed by atoms with Crippen molar-refractivity contribution >= 4 is 35.8 Å². The van der Waals surface area contributed by atoms with E-state index in [4.69, 9.17) is 4.74 Å². The molecule has 0 spiro atoms. The fourth-order valence-corrected chi connectivity index (χ4v) is 2.92. The first-order valence-electron chi connectivity index (χ1n) is 8.24. The normalized spacial score (nSPS) is 19.9. The minimum atomic E-state index is -0.335. The zero-order chi connectivity index (χ0) is 18.2. The number of hydrogen-bond acceptors (Lipinski definition) is 7. The molecule has 5 aliphatic heterocycles. The van der Waals surface area contributed by atoms with Crippen molar-refractivity contribution in [3.05, 3.63) is 71.5 Å². The van der Waals surface area contributed by atoms with Crippen LogP contribution in [0.5, 0.6) is 0 Å². The predicted octanol–water partition coefficient (Wildman–Crippen LogP) is 2.23. The summed E-state index contributed by atoms with van der Waals surface area (Å²) in [5.74, 6) is 0.875. The van der Waals surface area contributed by atoms with Crippen molar-refractivity contribution in [1.82, 2.24) is 4.90 Å². The van der Waals surface area contributed by atoms with Gasteiger partial charge in [-0.3, -0.25) is 14.7 Å². The third-order valence-electron chi connectivity index (χ3n) is 4.22. The van der Waals surface area contributed by atoms with E-state index < -0.39 is 0 Å². The minimum absolute atomic E-state index is 0.253. The van der Waals surface area contributed by atoms with E-state index in [0.29, 0.717) is 17.4 Å². The highest BCUT2D eigenvalue weighted by Crippen LogP contribution is 2.32. The number of ether oxygens (including phenoxy) is 1. The summed E-state index contributed by atoms with van der Waals surface area (Å²) in [4.78, 5) is 35.4. The van der Waals surface area contributed by atoms with E-state index in [-0.39, 0.29) is 12.5 Å². The van der Waals surface area contributed by atoms with Gasteiger partial charge in [-0.05, 0) is 12.1 Å². The molecule has 0 aliphatic carbocycles. The summed E-state index contributed by atoms with van der Waals surface area (Å²) >= 11 is 0. The van der Waals surface area contributed by atoms with Crippen molar-refractivity contribution in [3.8, 4) is 0 Å². The predicted molar refractivity (Wildman–Crippen MR) is 102 cm³/mol. The second kappa shape index (κ2) is 6.10. The molecule has 0 fully saturated rings. The first-order valence-corrected chi connectivity index (χ1v) is 8.24. The van der Waals surface area contributed by atoms with Crippen LogP contribution in [0.15, 0.2) is 85.4 Å². The number of guanidine groups is 1. The van der Waals surface area contributed by atoms with Crippen LogP contribution in [0.1, 0.15) is 15.9 Å². The Morgan fingerprint density at radius 1 is 1.11 bits per heavy atom. The second-order valence-electron chi connectivity index (χ2n) is 5.87. The van der Waals surface area contributed by atoms with Crippen LogP contribution in [-0.2, 0) is 11.3 Å². The molecular formula is C19H12N6O2. The van der Waals surface area contributed by atoms with Crippen LogP contribution in [0.3, 0.4) is 0 Å². The van der Waals surface area contributed by atoms with Crippen molar-refractivity contribution in [3.63, 3.8) is 0 Å². The molecule has 0 unspecified atom stereocenters. The Labute approximate surface area is 154 Å². The topological polar surface area (TPSA) is 91.3 Å². The van der Waals surface area contributed by atoms with Gasteiger partial charge >= 0.3 is 0 Å². The summed E-state index contributed by atoms with van der Waals surface area (Å²) in [7, 11) is 0. The van der Waals surface area contributed by atoms with Crippen molar-refractivity contribution in [2.75, 3.05) is 0 Å². The molecule has 0 saturated carbocycles. The number of benzene rings is 1. The maximum atomic E-state index is 12.4. The van der Waals surface area contributed by atoms with Crippen LogP contribution in [0.2, 0.25) is 0 Å². The van der Waals surface area contributed by atoms with Crippen molar-refractivity contribution in [2.24, 2.45) is 25.0 Å². The standard InChI is InChI=1S/C19H12N6O2/c26-18-13-5-2-1-4-12(13)11-27-9-7-20-10-14-16-15(22-14)17-23-19(24-17)25(16)8-3-6-21-18/h1-10H,11H2. The molecule has 8 heteroatoms. The van der Waals surface area contributed by atoms with E-state index in [9.17, 15) is 4.79 Å². The van der Waals surface area contributed by atoms with E-state index in [0.717, 1.165) is 22.7 Å². The first kappa shape index (κ1) is 15.3. The molecule has 1 aromatic rings. The van der Waals surface area contributed by atoms with E-state index >= 15 is 0 Å². The van der Waals surface area contributed by atoms with Gasteiger partial charge in [-0.2, -0.15) is 9.98 Å². The number of aliphatic imine (C=N–C) groups is 5. The molecule has 5 heterocycles. The lowest BCUT2D eigenvalue weighted by atomic mass is 10.0. The molecule has 0 radical (unpaired) electrons. The van der Waals surface area contributed by atoms with Gasteiger partial charge in [0.25, 0.3) is 5.91 Å². The molecule has 130 valence electrons. The SMILES string of the molecule is O=C1N=CC=CN2C3=NC(=N3)C3=NC(=C32)C=NC=COCc2ccccc21. The number of carbonyl (C=O) groups excluding carboxylic acids is 1. The molecule has 0 N–H and O–H groups in total. The van der Waals surface area contributed by atoms with E-state index in [2.05, 4.69) is 25.0 Å². The Balaban J connectivity index is 1.49. The number of nitrogens with zero attached hydrogens (tertiary/aromatic N) is 6. The number of amides is 1. The van der Waals surface area contributed by atoms with Gasteiger partial charge < -0.3 is 4.74 Å². The van der Waals surface area contributed by atoms with Gasteiger partial charge in [0.15, 0.2) is 5.84 Å². The lowest BCUT2D eigenvalue weighted by molar-refractivity contribution is 0.1000. The molecule has 0 saturated heterocycles. The molecule has 0 atom stereocenters. The molecule has 6 rings (SSSR count). The van der Waals surface area contributed by atoms with Crippen LogP contribution in [0, 0.1) is 0 Å². The Hall–Kier alpha value is -3.94. The van der Waals surface area contributed by atoms with Crippen molar-refractivity contribution < 1.29 is 9.53 Å². The summed E-state index contributed by atoms with van der Waals surface area (Å²) in [5.41, 5.74) is 3.60. The summed E-state index contributed by atoms with van der Waals surface area (Å²) in [6, 6.07) is 7.21. The van der Waals surface area contributed by atoms with Crippen LogP contribution in [0.25, 0.3) is 0 Å². The van der Waals surface area contributed by atoms with Gasteiger partial charge in [-0.25, -0.2) is 9.98 Å².